The molecule has 5 aromatic rings. The number of halogens is 5. The van der Waals surface area contributed by atoms with Crippen molar-refractivity contribution >= 4 is 16.6 Å². The van der Waals surface area contributed by atoms with Crippen LogP contribution in [-0.4, -0.2) is 41.0 Å². The van der Waals surface area contributed by atoms with E-state index in [2.05, 4.69) is 10.1 Å². The maximum absolute atomic E-state index is 15.4. The summed E-state index contributed by atoms with van der Waals surface area (Å²) >= 11 is 0. The topological polar surface area (TPSA) is 73.4 Å². The summed E-state index contributed by atoms with van der Waals surface area (Å²) in [4.78, 5) is 19.8. The zero-order valence-electron chi connectivity index (χ0n) is 22.0. The number of alkyl halides is 3. The van der Waals surface area contributed by atoms with Gasteiger partial charge >= 0.3 is 6.18 Å². The Morgan fingerprint density at radius 1 is 0.905 bits per heavy atom. The van der Waals surface area contributed by atoms with E-state index in [0.717, 1.165) is 23.8 Å². The summed E-state index contributed by atoms with van der Waals surface area (Å²) in [5.74, 6) is -0.833. The average molecular weight is 583 g/mol. The van der Waals surface area contributed by atoms with Crippen LogP contribution < -0.4 is 10.3 Å². The molecule has 0 atom stereocenters. The molecule has 7 nitrogen and oxygen atoms in total. The van der Waals surface area contributed by atoms with E-state index >= 15 is 4.39 Å². The molecule has 42 heavy (non-hydrogen) atoms. The van der Waals surface area contributed by atoms with E-state index in [0.29, 0.717) is 43.1 Å². The van der Waals surface area contributed by atoms with Crippen molar-refractivity contribution in [1.29, 1.82) is 0 Å². The number of aromatic nitrogens is 3. The minimum Gasteiger partial charge on any atom is -0.378 e. The van der Waals surface area contributed by atoms with Gasteiger partial charge in [-0.15, -0.1) is 0 Å². The largest absolute Gasteiger partial charge is 0.416 e. The number of hydrogen-bond acceptors (Lipinski definition) is 6. The lowest BCUT2D eigenvalue weighted by atomic mass is 10.1. The fourth-order valence-corrected chi connectivity index (χ4v) is 4.94. The predicted molar refractivity (Wildman–Crippen MR) is 144 cm³/mol. The van der Waals surface area contributed by atoms with Crippen LogP contribution in [0.25, 0.3) is 22.4 Å². The van der Waals surface area contributed by atoms with E-state index in [1.807, 2.05) is 4.90 Å². The van der Waals surface area contributed by atoms with Crippen molar-refractivity contribution in [2.24, 2.45) is 0 Å². The maximum Gasteiger partial charge on any atom is 0.416 e. The highest BCUT2D eigenvalue weighted by Crippen LogP contribution is 2.31. The summed E-state index contributed by atoms with van der Waals surface area (Å²) in [6.45, 7) is 1.84. The summed E-state index contributed by atoms with van der Waals surface area (Å²) in [6.07, 6.45) is -2.78. The Labute approximate surface area is 235 Å². The van der Waals surface area contributed by atoms with Crippen molar-refractivity contribution in [3.8, 4) is 11.5 Å². The lowest BCUT2D eigenvalue weighted by molar-refractivity contribution is -0.137. The molecular formula is C30H23F5N4O3. The van der Waals surface area contributed by atoms with Gasteiger partial charge in [-0.25, -0.2) is 8.78 Å². The molecule has 1 saturated heterocycles. The first-order valence-corrected chi connectivity index (χ1v) is 13.1. The normalized spacial score (nSPS) is 14.1. The fourth-order valence-electron chi connectivity index (χ4n) is 4.94. The van der Waals surface area contributed by atoms with Crippen molar-refractivity contribution in [2.45, 2.75) is 19.1 Å². The molecule has 1 fully saturated rings. The summed E-state index contributed by atoms with van der Waals surface area (Å²) in [6, 6.07) is 13.2. The van der Waals surface area contributed by atoms with Crippen LogP contribution in [0.1, 0.15) is 22.5 Å². The molecule has 0 N–H and O–H groups in total. The Morgan fingerprint density at radius 3 is 2.29 bits per heavy atom. The third-order valence-electron chi connectivity index (χ3n) is 7.11. The first kappa shape index (κ1) is 27.6. The molecule has 0 radical (unpaired) electrons. The predicted octanol–water partition coefficient (Wildman–Crippen LogP) is 5.82. The van der Waals surface area contributed by atoms with Crippen LogP contribution in [0, 0.1) is 11.6 Å². The molecule has 0 spiro atoms. The highest BCUT2D eigenvalue weighted by Gasteiger charge is 2.30. The second-order valence-corrected chi connectivity index (χ2v) is 9.93. The molecule has 3 heterocycles. The van der Waals surface area contributed by atoms with Gasteiger partial charge < -0.3 is 18.7 Å². The maximum atomic E-state index is 15.4. The molecule has 3 aromatic carbocycles. The quantitative estimate of drug-likeness (QED) is 0.235. The van der Waals surface area contributed by atoms with Gasteiger partial charge in [-0.2, -0.15) is 18.2 Å². The average Bonchev–Trinajstić information content (AvgIpc) is 3.44. The highest BCUT2D eigenvalue weighted by atomic mass is 19.4. The number of nitrogens with zero attached hydrogens (tertiary/aromatic N) is 4. The number of benzene rings is 3. The number of rotatable bonds is 6. The smallest absolute Gasteiger partial charge is 0.378 e. The van der Waals surface area contributed by atoms with Gasteiger partial charge in [-0.3, -0.25) is 4.79 Å². The Kier molecular flexibility index (Phi) is 7.23. The molecule has 0 amide bonds. The number of fused-ring (bicyclic) bond motifs is 1. The fraction of sp³-hybridized carbons (Fsp3) is 0.233. The second kappa shape index (κ2) is 11.0. The van der Waals surface area contributed by atoms with Crippen molar-refractivity contribution in [3.05, 3.63) is 111 Å². The van der Waals surface area contributed by atoms with Crippen LogP contribution in [0.3, 0.4) is 0 Å². The van der Waals surface area contributed by atoms with Gasteiger partial charge in [0.05, 0.1) is 30.0 Å². The number of ether oxygens (including phenoxy) is 1. The first-order valence-electron chi connectivity index (χ1n) is 13.1. The lowest BCUT2D eigenvalue weighted by Gasteiger charge is -2.29. The molecule has 6 rings (SSSR count). The van der Waals surface area contributed by atoms with Crippen LogP contribution in [0.5, 0.6) is 0 Å². The van der Waals surface area contributed by atoms with Gasteiger partial charge in [0, 0.05) is 37.6 Å². The van der Waals surface area contributed by atoms with Gasteiger partial charge in [0.2, 0.25) is 5.43 Å². The van der Waals surface area contributed by atoms with Crippen molar-refractivity contribution in [2.75, 3.05) is 31.2 Å². The molecule has 216 valence electrons. The second-order valence-electron chi connectivity index (χ2n) is 9.93. The van der Waals surface area contributed by atoms with E-state index in [4.69, 9.17) is 9.26 Å². The van der Waals surface area contributed by atoms with Crippen molar-refractivity contribution in [1.82, 2.24) is 14.7 Å². The van der Waals surface area contributed by atoms with Gasteiger partial charge in [0.1, 0.15) is 17.2 Å². The third-order valence-corrected chi connectivity index (χ3v) is 7.11. The molecule has 1 aliphatic heterocycles. The van der Waals surface area contributed by atoms with E-state index in [-0.39, 0.29) is 41.4 Å². The molecule has 0 saturated carbocycles. The zero-order valence-corrected chi connectivity index (χ0v) is 22.0. The van der Waals surface area contributed by atoms with Crippen LogP contribution >= 0.6 is 0 Å². The summed E-state index contributed by atoms with van der Waals surface area (Å²) in [7, 11) is 0. The Morgan fingerprint density at radius 2 is 1.60 bits per heavy atom. The van der Waals surface area contributed by atoms with E-state index in [1.54, 1.807) is 22.8 Å². The molecule has 2 aromatic heterocycles. The zero-order chi connectivity index (χ0) is 29.4. The van der Waals surface area contributed by atoms with E-state index in [9.17, 15) is 22.4 Å². The minimum atomic E-state index is -4.48. The van der Waals surface area contributed by atoms with E-state index < -0.39 is 23.0 Å². The van der Waals surface area contributed by atoms with Gasteiger partial charge in [-0.05, 0) is 47.5 Å². The van der Waals surface area contributed by atoms with Crippen LogP contribution in [0.15, 0.2) is 76.2 Å². The molecule has 0 bridgehead atoms. The molecule has 0 aliphatic carbocycles. The number of hydrogen-bond donors (Lipinski definition) is 0. The van der Waals surface area contributed by atoms with Crippen molar-refractivity contribution < 1.29 is 31.2 Å². The van der Waals surface area contributed by atoms with Gasteiger partial charge in [0.25, 0.3) is 5.89 Å². The van der Waals surface area contributed by atoms with Crippen molar-refractivity contribution in [3.63, 3.8) is 0 Å². The third kappa shape index (κ3) is 5.62. The van der Waals surface area contributed by atoms with Crippen LogP contribution in [0.2, 0.25) is 0 Å². The molecule has 0 unspecified atom stereocenters. The van der Waals surface area contributed by atoms with Crippen LogP contribution in [0.4, 0.5) is 27.6 Å². The Bertz CT molecular complexity index is 1790. The monoisotopic (exact) mass is 582 g/mol. The first-order chi connectivity index (χ1) is 20.2. The lowest BCUT2D eigenvalue weighted by Crippen LogP contribution is -2.36. The molecule has 12 heteroatoms. The summed E-state index contributed by atoms with van der Waals surface area (Å²) < 4.78 is 80.5. The minimum absolute atomic E-state index is 0.00536. The highest BCUT2D eigenvalue weighted by molar-refractivity contribution is 5.86. The van der Waals surface area contributed by atoms with Crippen LogP contribution in [-0.2, 0) is 23.9 Å². The number of morpholine rings is 1. The Hall–Kier alpha value is -4.58. The van der Waals surface area contributed by atoms with E-state index in [1.165, 1.54) is 30.5 Å². The number of anilines is 1. The molecular weight excluding hydrogens is 559 g/mol. The van der Waals surface area contributed by atoms with Gasteiger partial charge in [0.15, 0.2) is 5.82 Å². The summed E-state index contributed by atoms with van der Waals surface area (Å²) in [5, 5.41) is 3.99. The standard InChI is InChI=1S/C30H23F5N4O3/c31-21-7-3-18(4-8-21)13-27-36-29(42-37-27)23-17-39(16-19-1-5-20(6-2-19)30(33,34)35)25-15-26(38-9-11-41-12-10-38)24(32)14-22(25)28(23)40/h1-8,14-15,17H,9-13,16H2. The summed E-state index contributed by atoms with van der Waals surface area (Å²) in [5.41, 5.74) is 0.603. The molecule has 1 aliphatic rings. The number of pyridine rings is 1. The Balaban J connectivity index is 1.44. The SMILES string of the molecule is O=c1c(-c2nc(Cc3ccc(F)cc3)no2)cn(Cc2ccc(C(F)(F)F)cc2)c2cc(N3CCOCC3)c(F)cc12. The van der Waals surface area contributed by atoms with Gasteiger partial charge in [-0.1, -0.05) is 29.4 Å².